The molecule has 4 N–H and O–H groups in total. The third-order valence-corrected chi connectivity index (χ3v) is 24.3. The second kappa shape index (κ2) is 74.6. The van der Waals surface area contributed by atoms with E-state index in [1.807, 2.05) is 84.8 Å². The summed E-state index contributed by atoms with van der Waals surface area (Å²) in [5, 5.41) is 45.2. The maximum Gasteiger partial charge on any atom is 0.303 e. The highest BCUT2D eigenvalue weighted by molar-refractivity contribution is 14.1. The highest BCUT2D eigenvalue weighted by Crippen LogP contribution is 2.47. The van der Waals surface area contributed by atoms with Crippen molar-refractivity contribution < 1.29 is 161 Å². The van der Waals surface area contributed by atoms with E-state index in [-0.39, 0.29) is 146 Å². The van der Waals surface area contributed by atoms with Crippen LogP contribution in [0.1, 0.15) is 141 Å². The number of hydrogen-bond acceptors (Lipinski definition) is 12. The molecule has 0 unspecified atom stereocenters. The minimum absolute atomic E-state index is 0. The van der Waals surface area contributed by atoms with Crippen molar-refractivity contribution in [3.8, 4) is 0 Å². The molecule has 132 heavy (non-hydrogen) atoms. The number of carbonyl (C=O) groups is 4. The first-order valence-corrected chi connectivity index (χ1v) is 49.1. The standard InChI is InChI=1S/C23H22N2O2S.2C13H15NO2S.2C10H10N.C9H7N.C8H7NS.C6H15N.C5H9BrO2.CH2Cl2.CH3I.3CH4.3BrH.2HI/c1-24-15-13-17(18-8-2-3-9-19(18)24)16-22-25(14-7-6-12-23(26)27)20-10-4-5-11-21(20)28-22;2*1-10-14(9-5-4-8-13(15)16)11-6-2-3-7-12(11)17-10;2*1-11-8-4-6-9-5-2-3-7-10(9)11;1-2-6-9-8(4-1)5-3-7-10-9;1-6-9-7-4-2-3-5-8(7)10-6;1-4-7(5-2)6-3;6-4-2-1-3-5(7)8;2-1-3;1-2;;;;;;;;/h2-5,8-11,13,15-16H,6-7,12,14H2,1H3;2*2-3,6-7H,4-5,8-9H2,1H3;2*2-8H,1H3;1-7H;2-5H,1H3;4-6H2,1-3H3;1-4H2,(H,7,8);1H2;1H3;3*1H4;5*1H/q;;;2*+1;;;;;;;;;;;;;;/p-2. The van der Waals surface area contributed by atoms with Crippen molar-refractivity contribution in [1.29, 1.82) is 0 Å². The molecule has 1 aliphatic heterocycles. The van der Waals surface area contributed by atoms with E-state index in [1.54, 1.807) is 45.8 Å². The van der Waals surface area contributed by atoms with Crippen LogP contribution < -0.4 is 127 Å². The van der Waals surface area contributed by atoms with Gasteiger partial charge in [0.25, 0.3) is 0 Å². The van der Waals surface area contributed by atoms with Gasteiger partial charge in [-0.2, -0.15) is 9.13 Å². The quantitative estimate of drug-likeness (QED) is 0.0204. The van der Waals surface area contributed by atoms with E-state index in [0.29, 0.717) is 12.8 Å². The summed E-state index contributed by atoms with van der Waals surface area (Å²) in [5.41, 5.74) is 10.8. The zero-order valence-electron chi connectivity index (χ0n) is 74.5. The Morgan fingerprint density at radius 1 is 0.447 bits per heavy atom. The predicted octanol–water partition coefficient (Wildman–Crippen LogP) is 10.9. The van der Waals surface area contributed by atoms with Crippen molar-refractivity contribution in [2.45, 2.75) is 159 Å². The molecule has 0 atom stereocenters. The fourth-order valence-electron chi connectivity index (χ4n) is 13.2. The molecule has 7 aromatic heterocycles. The SMILES string of the molecule is C.C.C.CCN(CC)CC.CI.C[n+]1ccc(/C=C2\Sc3ccccc3N2CCCCC(=O)O)c2ccccc21.C[n+]1cccc2ccccc21.C[n+]1cccc2ccccc21.Cc1nc2ccccc2s1.Cc1sc2ccccc2[n+]1CCCCC(=O)O.Cc1sc2ccccc2[n+]1CCCCC(=O)O.ClCCl.O=C(O)CCCCBr.[Br-].[Br-].[Br-].[I-].[I-].c1ccc2ncccc2c1. The molecule has 8 heterocycles. The number of carboxylic acid groups (broad SMARTS) is 4. The number of nitrogens with zero attached hydrogens (tertiary/aromatic N) is 9. The lowest BCUT2D eigenvalue weighted by Crippen LogP contribution is -3.00. The van der Waals surface area contributed by atoms with Crippen molar-refractivity contribution in [3.05, 3.63) is 287 Å². The van der Waals surface area contributed by atoms with Crippen molar-refractivity contribution in [2.24, 2.45) is 21.1 Å². The largest absolute Gasteiger partial charge is 1.00 e. The number of halogens is 9. The molecular formula is C102H130Br4Cl2I3N9O8S4. The predicted molar refractivity (Wildman–Crippen MR) is 553 cm³/mol. The van der Waals surface area contributed by atoms with Gasteiger partial charge < -0.3 is 129 Å². The van der Waals surface area contributed by atoms with Gasteiger partial charge in [0.05, 0.1) is 42.2 Å². The minimum atomic E-state index is -0.726. The molecular weight excluding hydrogens is 2380 g/mol. The number of benzene rings is 8. The Hall–Kier alpha value is -6.51. The van der Waals surface area contributed by atoms with E-state index in [2.05, 4.69) is 331 Å². The fourth-order valence-corrected chi connectivity index (χ4v) is 17.6. The van der Waals surface area contributed by atoms with Gasteiger partial charge in [-0.1, -0.05) is 225 Å². The van der Waals surface area contributed by atoms with Crippen molar-refractivity contribution in [3.63, 3.8) is 0 Å². The number of carboxylic acids is 4. The van der Waals surface area contributed by atoms with Crippen LogP contribution in [0.3, 0.4) is 0 Å². The summed E-state index contributed by atoms with van der Waals surface area (Å²) >= 11 is 22.0. The Balaban J connectivity index is -0.00000144. The molecule has 0 saturated carbocycles. The lowest BCUT2D eigenvalue weighted by molar-refractivity contribution is -0.673. The molecule has 8 aromatic carbocycles. The first-order chi connectivity index (χ1) is 60.1. The average molecular weight is 2510 g/mol. The summed E-state index contributed by atoms with van der Waals surface area (Å²) < 4.78 is 14.8. The van der Waals surface area contributed by atoms with Gasteiger partial charge in [0.2, 0.25) is 37.6 Å². The normalized spacial score (nSPS) is 10.4. The average Bonchev–Trinajstić information content (AvgIpc) is 1.64. The van der Waals surface area contributed by atoms with Crippen molar-refractivity contribution in [1.82, 2.24) is 14.9 Å². The molecule has 0 amide bonds. The summed E-state index contributed by atoms with van der Waals surface area (Å²) in [7, 11) is 6.18. The highest BCUT2D eigenvalue weighted by atomic mass is 127. The summed E-state index contributed by atoms with van der Waals surface area (Å²) in [5.74, 6) is -2.84. The fraction of sp³-hybridized carbons (Fsp3) is 0.324. The molecule has 0 fully saturated rings. The number of hydrogen-bond donors (Lipinski definition) is 4. The van der Waals surface area contributed by atoms with E-state index in [9.17, 15) is 19.2 Å². The zero-order chi connectivity index (χ0) is 90.0. The van der Waals surface area contributed by atoms with E-state index in [0.717, 1.165) is 86.0 Å². The number of thioether (sulfide) groups is 1. The Bertz CT molecular complexity index is 5520. The molecule has 0 spiro atoms. The maximum absolute atomic E-state index is 10.8. The molecule has 16 rings (SSSR count). The molecule has 0 aliphatic carbocycles. The molecule has 0 bridgehead atoms. The lowest BCUT2D eigenvalue weighted by Gasteiger charge is -2.20. The zero-order valence-corrected chi connectivity index (χ0v) is 92.1. The van der Waals surface area contributed by atoms with Crippen LogP contribution in [0.15, 0.2) is 271 Å². The summed E-state index contributed by atoms with van der Waals surface area (Å²) in [6.07, 6.45) is 17.9. The number of aliphatic carboxylic acids is 4. The number of para-hydroxylation sites is 8. The first-order valence-electron chi connectivity index (χ1n) is 41.4. The topological polar surface area (TPSA) is 201 Å². The molecule has 0 saturated heterocycles. The van der Waals surface area contributed by atoms with Crippen LogP contribution in [0.25, 0.3) is 80.3 Å². The maximum atomic E-state index is 10.8. The third kappa shape index (κ3) is 45.6. The Kier molecular flexibility index (Phi) is 73.3. The van der Waals surface area contributed by atoms with Gasteiger partial charge in [0, 0.05) is 140 Å². The van der Waals surface area contributed by atoms with E-state index in [1.165, 1.54) is 114 Å². The third-order valence-electron chi connectivity index (χ3n) is 19.5. The number of pyridine rings is 4. The van der Waals surface area contributed by atoms with Gasteiger partial charge in [-0.3, -0.25) is 24.2 Å². The van der Waals surface area contributed by atoms with Crippen LogP contribution >= 0.6 is 107 Å². The van der Waals surface area contributed by atoms with Crippen LogP contribution in [-0.2, 0) is 53.4 Å². The number of rotatable bonds is 23. The van der Waals surface area contributed by atoms with Crippen LogP contribution in [0.2, 0.25) is 0 Å². The van der Waals surface area contributed by atoms with Crippen LogP contribution in [-0.4, -0.2) is 101 Å². The Morgan fingerprint density at radius 2 is 0.826 bits per heavy atom. The first kappa shape index (κ1) is 130. The van der Waals surface area contributed by atoms with Crippen LogP contribution in [0.4, 0.5) is 5.69 Å². The van der Waals surface area contributed by atoms with E-state index >= 15 is 0 Å². The van der Waals surface area contributed by atoms with Gasteiger partial charge in [-0.15, -0.1) is 34.5 Å². The highest BCUT2D eigenvalue weighted by Gasteiger charge is 2.26. The monoisotopic (exact) mass is 2500 g/mol. The van der Waals surface area contributed by atoms with Gasteiger partial charge in [0.15, 0.2) is 18.6 Å². The molecule has 718 valence electrons. The summed E-state index contributed by atoms with van der Waals surface area (Å²) in [4.78, 5) is 58.0. The van der Waals surface area contributed by atoms with Gasteiger partial charge >= 0.3 is 23.9 Å². The minimum Gasteiger partial charge on any atom is -1.00 e. The smallest absolute Gasteiger partial charge is 0.303 e. The lowest BCUT2D eigenvalue weighted by atomic mass is 10.1. The second-order valence-corrected chi connectivity index (χ2v) is 34.5. The number of thiazole rings is 3. The molecule has 17 nitrogen and oxygen atoms in total. The van der Waals surface area contributed by atoms with Gasteiger partial charge in [0.1, 0.15) is 43.6 Å². The second-order valence-electron chi connectivity index (χ2n) is 28.1. The number of unbranched alkanes of at least 4 members (excludes halogenated alkanes) is 4. The van der Waals surface area contributed by atoms with Gasteiger partial charge in [-0.05, 0) is 161 Å². The van der Waals surface area contributed by atoms with Crippen LogP contribution in [0, 0.1) is 20.8 Å². The van der Waals surface area contributed by atoms with Crippen molar-refractivity contribution >= 4 is 217 Å². The number of anilines is 1. The van der Waals surface area contributed by atoms with Crippen LogP contribution in [0.5, 0.6) is 0 Å². The number of alkyl halides is 4. The molecule has 1 aliphatic rings. The summed E-state index contributed by atoms with van der Waals surface area (Å²) in [6, 6.07) is 81.0. The number of fused-ring (bicyclic) bond motifs is 8. The Morgan fingerprint density at radius 3 is 1.27 bits per heavy atom. The number of aromatic nitrogens is 7. The Labute approximate surface area is 897 Å². The molecule has 0 radical (unpaired) electrons. The van der Waals surface area contributed by atoms with Crippen molar-refractivity contribution in [2.75, 3.05) is 46.7 Å². The number of aryl methyl sites for hydroxylation is 8. The molecule has 15 aromatic rings. The van der Waals surface area contributed by atoms with E-state index in [4.69, 9.17) is 43.6 Å². The molecule has 30 heteroatoms. The van der Waals surface area contributed by atoms with E-state index < -0.39 is 23.9 Å². The summed E-state index contributed by atoms with van der Waals surface area (Å²) in [6.45, 7) is 19.0. The van der Waals surface area contributed by atoms with Gasteiger partial charge in [-0.25, -0.2) is 18.7 Å².